The molecule has 1 aliphatic heterocycles. The van der Waals surface area contributed by atoms with Gasteiger partial charge >= 0.3 is 0 Å². The molecule has 0 atom stereocenters. The van der Waals surface area contributed by atoms with E-state index in [4.69, 9.17) is 4.74 Å². The Morgan fingerprint density at radius 1 is 1.10 bits per heavy atom. The molecule has 3 heterocycles. The van der Waals surface area contributed by atoms with E-state index in [1.165, 1.54) is 4.68 Å². The largest absolute Gasteiger partial charge is 0.378 e. The van der Waals surface area contributed by atoms with Gasteiger partial charge in [0.05, 0.1) is 42.4 Å². The van der Waals surface area contributed by atoms with Crippen LogP contribution in [0.1, 0.15) is 6.42 Å². The number of pyridine rings is 1. The molecule has 9 nitrogen and oxygen atoms in total. The SMILES string of the molecule is O=C(CCn1[nH]c(=O)c2ccccc2c1=O)Nc1ccc(N2CCOCC2)nc1. The van der Waals surface area contributed by atoms with Crippen molar-refractivity contribution < 1.29 is 9.53 Å². The van der Waals surface area contributed by atoms with Crippen LogP contribution in [-0.4, -0.2) is 47.0 Å². The maximum absolute atomic E-state index is 12.5. The zero-order chi connectivity index (χ0) is 20.2. The second-order valence-corrected chi connectivity index (χ2v) is 6.75. The molecule has 1 aromatic carbocycles. The predicted octanol–water partition coefficient (Wildman–Crippen LogP) is 0.950. The van der Waals surface area contributed by atoms with Crippen molar-refractivity contribution in [1.29, 1.82) is 0 Å². The summed E-state index contributed by atoms with van der Waals surface area (Å²) in [6.07, 6.45) is 1.65. The number of hydrogen-bond donors (Lipinski definition) is 2. The predicted molar refractivity (Wildman–Crippen MR) is 109 cm³/mol. The molecule has 150 valence electrons. The van der Waals surface area contributed by atoms with Crippen LogP contribution < -0.4 is 21.3 Å². The van der Waals surface area contributed by atoms with Crippen LogP contribution >= 0.6 is 0 Å². The Labute approximate surface area is 165 Å². The fourth-order valence-electron chi connectivity index (χ4n) is 3.28. The maximum atomic E-state index is 12.5. The number of nitrogens with zero attached hydrogens (tertiary/aromatic N) is 3. The number of aromatic nitrogens is 3. The van der Waals surface area contributed by atoms with Crippen LogP contribution in [0.4, 0.5) is 11.5 Å². The number of benzene rings is 1. The summed E-state index contributed by atoms with van der Waals surface area (Å²) in [6, 6.07) is 10.2. The lowest BCUT2D eigenvalue weighted by molar-refractivity contribution is -0.116. The Hall–Kier alpha value is -3.46. The van der Waals surface area contributed by atoms with E-state index in [-0.39, 0.29) is 30.0 Å². The number of aryl methyl sites for hydroxylation is 1. The van der Waals surface area contributed by atoms with Gasteiger partial charge in [0.15, 0.2) is 0 Å². The lowest BCUT2D eigenvalue weighted by Gasteiger charge is -2.27. The fourth-order valence-corrected chi connectivity index (χ4v) is 3.28. The van der Waals surface area contributed by atoms with Gasteiger partial charge in [0.1, 0.15) is 5.82 Å². The third-order valence-corrected chi connectivity index (χ3v) is 4.81. The Morgan fingerprint density at radius 3 is 2.59 bits per heavy atom. The number of fused-ring (bicyclic) bond motifs is 1. The van der Waals surface area contributed by atoms with Crippen molar-refractivity contribution in [2.45, 2.75) is 13.0 Å². The molecule has 0 unspecified atom stereocenters. The first-order valence-corrected chi connectivity index (χ1v) is 9.42. The minimum absolute atomic E-state index is 0.0411. The van der Waals surface area contributed by atoms with Gasteiger partial charge in [-0.25, -0.2) is 9.67 Å². The summed E-state index contributed by atoms with van der Waals surface area (Å²) in [6.45, 7) is 3.01. The Bertz CT molecular complexity index is 1130. The molecule has 2 N–H and O–H groups in total. The van der Waals surface area contributed by atoms with Gasteiger partial charge in [0.25, 0.3) is 11.1 Å². The Kier molecular flexibility index (Phi) is 5.39. The van der Waals surface area contributed by atoms with Gasteiger partial charge in [-0.3, -0.25) is 19.5 Å². The van der Waals surface area contributed by atoms with Crippen molar-refractivity contribution in [3.05, 3.63) is 63.3 Å². The number of ether oxygens (including phenoxy) is 1. The highest BCUT2D eigenvalue weighted by Crippen LogP contribution is 2.15. The smallest absolute Gasteiger partial charge is 0.273 e. The second-order valence-electron chi connectivity index (χ2n) is 6.75. The van der Waals surface area contributed by atoms with Crippen LogP contribution in [0.15, 0.2) is 52.2 Å². The van der Waals surface area contributed by atoms with Crippen molar-refractivity contribution >= 4 is 28.2 Å². The summed E-state index contributed by atoms with van der Waals surface area (Å²) in [5.74, 6) is 0.568. The van der Waals surface area contributed by atoms with Crippen LogP contribution in [0.5, 0.6) is 0 Å². The second kappa shape index (κ2) is 8.27. The molecular formula is C20H21N5O4. The summed E-state index contributed by atoms with van der Waals surface area (Å²) in [5, 5.41) is 5.95. The van der Waals surface area contributed by atoms with Gasteiger partial charge in [-0.05, 0) is 24.3 Å². The molecule has 0 radical (unpaired) electrons. The number of hydrogen-bond acceptors (Lipinski definition) is 6. The molecule has 4 rings (SSSR count). The summed E-state index contributed by atoms with van der Waals surface area (Å²) < 4.78 is 6.50. The zero-order valence-corrected chi connectivity index (χ0v) is 15.8. The minimum atomic E-state index is -0.358. The number of nitrogens with one attached hydrogen (secondary N) is 2. The lowest BCUT2D eigenvalue weighted by atomic mass is 10.2. The number of aromatic amines is 1. The summed E-state index contributed by atoms with van der Waals surface area (Å²) in [5.41, 5.74) is -0.112. The van der Waals surface area contributed by atoms with Crippen LogP contribution in [0.2, 0.25) is 0 Å². The molecule has 29 heavy (non-hydrogen) atoms. The summed E-state index contributed by atoms with van der Waals surface area (Å²) in [4.78, 5) is 43.4. The van der Waals surface area contributed by atoms with Gasteiger partial charge in [-0.15, -0.1) is 0 Å². The van der Waals surface area contributed by atoms with E-state index in [0.717, 1.165) is 18.9 Å². The maximum Gasteiger partial charge on any atom is 0.273 e. The zero-order valence-electron chi connectivity index (χ0n) is 15.8. The van der Waals surface area contributed by atoms with Crippen molar-refractivity contribution in [1.82, 2.24) is 14.8 Å². The summed E-state index contributed by atoms with van der Waals surface area (Å²) >= 11 is 0. The number of carbonyl (C=O) groups is 1. The third-order valence-electron chi connectivity index (χ3n) is 4.81. The molecule has 0 saturated carbocycles. The van der Waals surface area contributed by atoms with Crippen molar-refractivity contribution in [3.63, 3.8) is 0 Å². The molecule has 1 fully saturated rings. The van der Waals surface area contributed by atoms with E-state index in [1.54, 1.807) is 36.5 Å². The first kappa shape index (κ1) is 18.9. The molecule has 9 heteroatoms. The molecule has 1 saturated heterocycles. The summed E-state index contributed by atoms with van der Waals surface area (Å²) in [7, 11) is 0. The monoisotopic (exact) mass is 395 g/mol. The van der Waals surface area contributed by atoms with Crippen LogP contribution in [0, 0.1) is 0 Å². The van der Waals surface area contributed by atoms with Crippen molar-refractivity contribution in [2.24, 2.45) is 0 Å². The minimum Gasteiger partial charge on any atom is -0.378 e. The van der Waals surface area contributed by atoms with E-state index < -0.39 is 0 Å². The average molecular weight is 395 g/mol. The normalized spacial score (nSPS) is 14.1. The van der Waals surface area contributed by atoms with E-state index in [1.807, 2.05) is 6.07 Å². The Balaban J connectivity index is 1.39. The van der Waals surface area contributed by atoms with Gasteiger partial charge in [0, 0.05) is 19.5 Å². The van der Waals surface area contributed by atoms with Crippen LogP contribution in [0.25, 0.3) is 10.8 Å². The van der Waals surface area contributed by atoms with Gasteiger partial charge in [-0.1, -0.05) is 12.1 Å². The number of carbonyl (C=O) groups excluding carboxylic acids is 1. The highest BCUT2D eigenvalue weighted by atomic mass is 16.5. The first-order chi connectivity index (χ1) is 14.1. The van der Waals surface area contributed by atoms with Crippen LogP contribution in [-0.2, 0) is 16.1 Å². The van der Waals surface area contributed by atoms with Crippen LogP contribution in [0.3, 0.4) is 0 Å². The number of morpholine rings is 1. The van der Waals surface area contributed by atoms with E-state index in [0.29, 0.717) is 29.7 Å². The number of amides is 1. The Morgan fingerprint density at radius 2 is 1.86 bits per heavy atom. The highest BCUT2D eigenvalue weighted by Gasteiger charge is 2.13. The molecule has 1 aliphatic rings. The van der Waals surface area contributed by atoms with E-state index >= 15 is 0 Å². The molecule has 2 aromatic heterocycles. The standard InChI is InChI=1S/C20H21N5O4/c26-18(22-14-5-6-17(21-13-14)24-9-11-29-12-10-24)7-8-25-20(28)16-4-2-1-3-15(16)19(27)23-25/h1-6,13H,7-12H2,(H,22,26)(H,23,27). The van der Waals surface area contributed by atoms with Crippen molar-refractivity contribution in [3.8, 4) is 0 Å². The van der Waals surface area contributed by atoms with E-state index in [9.17, 15) is 14.4 Å². The van der Waals surface area contributed by atoms with Gasteiger partial charge < -0.3 is 15.0 Å². The molecular weight excluding hydrogens is 374 g/mol. The highest BCUT2D eigenvalue weighted by molar-refractivity contribution is 5.90. The quantitative estimate of drug-likeness (QED) is 0.666. The molecule has 0 bridgehead atoms. The number of rotatable bonds is 5. The van der Waals surface area contributed by atoms with Gasteiger partial charge in [-0.2, -0.15) is 0 Å². The molecule has 3 aromatic rings. The topological polar surface area (TPSA) is 109 Å². The number of H-pyrrole nitrogens is 1. The third kappa shape index (κ3) is 4.19. The average Bonchev–Trinajstić information content (AvgIpc) is 2.76. The molecule has 0 spiro atoms. The fraction of sp³-hybridized carbons (Fsp3) is 0.300. The van der Waals surface area contributed by atoms with Crippen molar-refractivity contribution in [2.75, 3.05) is 36.5 Å². The lowest BCUT2D eigenvalue weighted by Crippen LogP contribution is -2.36. The van der Waals surface area contributed by atoms with Gasteiger partial charge in [0.2, 0.25) is 5.91 Å². The molecule has 0 aliphatic carbocycles. The molecule has 1 amide bonds. The number of anilines is 2. The van der Waals surface area contributed by atoms with E-state index in [2.05, 4.69) is 20.3 Å². The first-order valence-electron chi connectivity index (χ1n) is 9.42.